The van der Waals surface area contributed by atoms with E-state index in [0.29, 0.717) is 25.1 Å². The van der Waals surface area contributed by atoms with Crippen LogP contribution >= 0.6 is 0 Å². The standard InChI is InChI=1S/C13H18N2O4S/c1-9-3-4-10(13(16)19-2)7-12(9)20(17,18)15-6-5-11(14)8-15/h3-4,7,11H,5-6,8,14H2,1-2H3/t11-/m0/s1. The van der Waals surface area contributed by atoms with E-state index in [0.717, 1.165) is 0 Å². The third-order valence-corrected chi connectivity index (χ3v) is 5.42. The van der Waals surface area contributed by atoms with E-state index >= 15 is 0 Å². The molecule has 2 N–H and O–H groups in total. The highest BCUT2D eigenvalue weighted by Crippen LogP contribution is 2.24. The van der Waals surface area contributed by atoms with Crippen LogP contribution < -0.4 is 5.73 Å². The van der Waals surface area contributed by atoms with Crippen molar-refractivity contribution in [3.63, 3.8) is 0 Å². The maximum absolute atomic E-state index is 12.6. The van der Waals surface area contributed by atoms with Crippen LogP contribution in [0.3, 0.4) is 0 Å². The Morgan fingerprint density at radius 2 is 2.15 bits per heavy atom. The second-order valence-electron chi connectivity index (χ2n) is 4.88. The molecule has 1 aromatic rings. The summed E-state index contributed by atoms with van der Waals surface area (Å²) in [6.45, 7) is 2.42. The maximum atomic E-state index is 12.6. The van der Waals surface area contributed by atoms with Crippen LogP contribution in [-0.2, 0) is 14.8 Å². The van der Waals surface area contributed by atoms with Gasteiger partial charge in [0.25, 0.3) is 0 Å². The zero-order chi connectivity index (χ0) is 14.9. The first-order valence-electron chi connectivity index (χ1n) is 6.31. The van der Waals surface area contributed by atoms with E-state index in [2.05, 4.69) is 4.74 Å². The summed E-state index contributed by atoms with van der Waals surface area (Å²) >= 11 is 0. The molecule has 0 aliphatic carbocycles. The van der Waals surface area contributed by atoms with E-state index < -0.39 is 16.0 Å². The number of esters is 1. The number of benzene rings is 1. The molecular formula is C13H18N2O4S. The maximum Gasteiger partial charge on any atom is 0.337 e. The monoisotopic (exact) mass is 298 g/mol. The number of sulfonamides is 1. The van der Waals surface area contributed by atoms with Gasteiger partial charge in [0.1, 0.15) is 0 Å². The van der Waals surface area contributed by atoms with Crippen molar-refractivity contribution in [2.45, 2.75) is 24.3 Å². The average Bonchev–Trinajstić information content (AvgIpc) is 2.85. The van der Waals surface area contributed by atoms with Crippen molar-refractivity contribution in [1.29, 1.82) is 0 Å². The zero-order valence-corrected chi connectivity index (χ0v) is 12.3. The van der Waals surface area contributed by atoms with Crippen LogP contribution in [0.1, 0.15) is 22.3 Å². The molecule has 110 valence electrons. The molecule has 20 heavy (non-hydrogen) atoms. The van der Waals surface area contributed by atoms with Gasteiger partial charge in [-0.25, -0.2) is 13.2 Å². The molecule has 0 aromatic heterocycles. The first-order chi connectivity index (χ1) is 9.36. The van der Waals surface area contributed by atoms with Gasteiger partial charge in [-0.1, -0.05) is 6.07 Å². The van der Waals surface area contributed by atoms with Crippen LogP contribution in [0, 0.1) is 6.92 Å². The van der Waals surface area contributed by atoms with Crippen LogP contribution in [0.25, 0.3) is 0 Å². The number of methoxy groups -OCH3 is 1. The van der Waals surface area contributed by atoms with Crippen LogP contribution in [0.15, 0.2) is 23.1 Å². The predicted octanol–water partition coefficient (Wildman–Crippen LogP) is 0.503. The van der Waals surface area contributed by atoms with E-state index in [4.69, 9.17) is 5.73 Å². The van der Waals surface area contributed by atoms with Gasteiger partial charge in [0, 0.05) is 19.1 Å². The Morgan fingerprint density at radius 1 is 1.45 bits per heavy atom. The van der Waals surface area contributed by atoms with Crippen molar-refractivity contribution >= 4 is 16.0 Å². The van der Waals surface area contributed by atoms with Crippen molar-refractivity contribution in [3.8, 4) is 0 Å². The van der Waals surface area contributed by atoms with Gasteiger partial charge in [-0.3, -0.25) is 0 Å². The molecule has 6 nitrogen and oxygen atoms in total. The molecule has 1 aliphatic heterocycles. The average molecular weight is 298 g/mol. The van der Waals surface area contributed by atoms with E-state index in [-0.39, 0.29) is 16.5 Å². The van der Waals surface area contributed by atoms with Crippen LogP contribution in [-0.4, -0.2) is 44.9 Å². The summed E-state index contributed by atoms with van der Waals surface area (Å²) < 4.78 is 31.1. The second-order valence-corrected chi connectivity index (χ2v) is 6.79. The van der Waals surface area contributed by atoms with Gasteiger partial charge in [-0.2, -0.15) is 4.31 Å². The first kappa shape index (κ1) is 15.0. The Hall–Kier alpha value is -1.44. The number of hydrogen-bond donors (Lipinski definition) is 1. The lowest BCUT2D eigenvalue weighted by Gasteiger charge is -2.18. The van der Waals surface area contributed by atoms with Gasteiger partial charge in [0.2, 0.25) is 10.0 Å². The third kappa shape index (κ3) is 2.70. The SMILES string of the molecule is COC(=O)c1ccc(C)c(S(=O)(=O)N2CC[C@H](N)C2)c1. The molecule has 1 saturated heterocycles. The molecule has 0 bridgehead atoms. The number of nitrogens with zero attached hydrogens (tertiary/aromatic N) is 1. The molecule has 0 spiro atoms. The van der Waals surface area contributed by atoms with Crippen molar-refractivity contribution in [3.05, 3.63) is 29.3 Å². The van der Waals surface area contributed by atoms with E-state index in [1.807, 2.05) is 0 Å². The van der Waals surface area contributed by atoms with E-state index in [1.54, 1.807) is 19.1 Å². The summed E-state index contributed by atoms with van der Waals surface area (Å²) in [5, 5.41) is 0. The Labute approximate surface area is 118 Å². The van der Waals surface area contributed by atoms with Gasteiger partial charge >= 0.3 is 5.97 Å². The van der Waals surface area contributed by atoms with Crippen LogP contribution in [0.2, 0.25) is 0 Å². The largest absolute Gasteiger partial charge is 0.465 e. The number of aryl methyl sites for hydroxylation is 1. The number of ether oxygens (including phenoxy) is 1. The fourth-order valence-corrected chi connectivity index (χ4v) is 4.00. The number of rotatable bonds is 3. The lowest BCUT2D eigenvalue weighted by Crippen LogP contribution is -2.32. The highest BCUT2D eigenvalue weighted by atomic mass is 32.2. The smallest absolute Gasteiger partial charge is 0.337 e. The van der Waals surface area contributed by atoms with Crippen LogP contribution in [0.5, 0.6) is 0 Å². The normalized spacial score (nSPS) is 20.1. The zero-order valence-electron chi connectivity index (χ0n) is 11.5. The molecular weight excluding hydrogens is 280 g/mol. The molecule has 1 aromatic carbocycles. The topological polar surface area (TPSA) is 89.7 Å². The first-order valence-corrected chi connectivity index (χ1v) is 7.75. The Balaban J connectivity index is 2.43. The van der Waals surface area contributed by atoms with Crippen molar-refractivity contribution in [2.75, 3.05) is 20.2 Å². The molecule has 1 atom stereocenters. The Kier molecular flexibility index (Phi) is 4.12. The molecule has 1 aliphatic rings. The lowest BCUT2D eigenvalue weighted by molar-refractivity contribution is 0.0600. The third-order valence-electron chi connectivity index (χ3n) is 3.41. The molecule has 1 fully saturated rings. The van der Waals surface area contributed by atoms with Gasteiger partial charge in [-0.05, 0) is 31.0 Å². The fraction of sp³-hybridized carbons (Fsp3) is 0.462. The van der Waals surface area contributed by atoms with Gasteiger partial charge in [0.15, 0.2) is 0 Å². The minimum Gasteiger partial charge on any atom is -0.465 e. The van der Waals surface area contributed by atoms with E-state index in [1.165, 1.54) is 17.5 Å². The van der Waals surface area contributed by atoms with Gasteiger partial charge in [0.05, 0.1) is 17.6 Å². The minimum absolute atomic E-state index is 0.131. The minimum atomic E-state index is -3.62. The molecule has 0 unspecified atom stereocenters. The summed E-state index contributed by atoms with van der Waals surface area (Å²) in [6.07, 6.45) is 0.648. The molecule has 7 heteroatoms. The molecule has 0 saturated carbocycles. The van der Waals surface area contributed by atoms with Crippen molar-refractivity contribution in [1.82, 2.24) is 4.31 Å². The molecule has 2 rings (SSSR count). The highest BCUT2D eigenvalue weighted by Gasteiger charge is 2.32. The summed E-state index contributed by atoms with van der Waals surface area (Å²) in [4.78, 5) is 11.7. The molecule has 0 amide bonds. The highest BCUT2D eigenvalue weighted by molar-refractivity contribution is 7.89. The van der Waals surface area contributed by atoms with Crippen molar-refractivity contribution in [2.24, 2.45) is 5.73 Å². The Morgan fingerprint density at radius 3 is 2.70 bits per heavy atom. The molecule has 0 radical (unpaired) electrons. The number of carbonyl (C=O) groups excluding carboxylic acids is 1. The number of carbonyl (C=O) groups is 1. The number of hydrogen-bond acceptors (Lipinski definition) is 5. The predicted molar refractivity (Wildman–Crippen MR) is 73.9 cm³/mol. The molecule has 1 heterocycles. The Bertz CT molecular complexity index is 627. The van der Waals surface area contributed by atoms with E-state index in [9.17, 15) is 13.2 Å². The summed E-state index contributed by atoms with van der Waals surface area (Å²) in [5.41, 5.74) is 6.58. The second kappa shape index (κ2) is 5.51. The quantitative estimate of drug-likeness (QED) is 0.821. The summed E-state index contributed by atoms with van der Waals surface area (Å²) in [6, 6.07) is 4.39. The summed E-state index contributed by atoms with van der Waals surface area (Å²) in [5.74, 6) is -0.556. The van der Waals surface area contributed by atoms with Crippen molar-refractivity contribution < 1.29 is 17.9 Å². The number of nitrogens with two attached hydrogens (primary N) is 1. The van der Waals surface area contributed by atoms with Gasteiger partial charge < -0.3 is 10.5 Å². The lowest BCUT2D eigenvalue weighted by atomic mass is 10.1. The van der Waals surface area contributed by atoms with Crippen LogP contribution in [0.4, 0.5) is 0 Å². The fourth-order valence-electron chi connectivity index (χ4n) is 2.23. The summed E-state index contributed by atoms with van der Waals surface area (Å²) in [7, 11) is -2.36. The van der Waals surface area contributed by atoms with Gasteiger partial charge in [-0.15, -0.1) is 0 Å².